The van der Waals surface area contributed by atoms with E-state index in [1.54, 1.807) is 0 Å². The van der Waals surface area contributed by atoms with Gasteiger partial charge in [-0.2, -0.15) is 0 Å². The number of hydrogen-bond acceptors (Lipinski definition) is 5. The van der Waals surface area contributed by atoms with Crippen molar-refractivity contribution in [2.75, 3.05) is 18.6 Å². The molecular weight excluding hydrogens is 272 g/mol. The number of halogens is 1. The second-order valence-electron chi connectivity index (χ2n) is 4.79. The van der Waals surface area contributed by atoms with Crippen molar-refractivity contribution < 1.29 is 9.53 Å². The molecule has 0 aliphatic carbocycles. The summed E-state index contributed by atoms with van der Waals surface area (Å²) in [6, 6.07) is 0.439. The van der Waals surface area contributed by atoms with Crippen molar-refractivity contribution in [3.63, 3.8) is 0 Å². The van der Waals surface area contributed by atoms with Crippen LogP contribution < -0.4 is 4.90 Å². The number of anilines is 1. The number of carbonyl (C=O) groups excluding carboxylic acids is 1. The van der Waals surface area contributed by atoms with Gasteiger partial charge in [0.15, 0.2) is 15.2 Å². The van der Waals surface area contributed by atoms with Gasteiger partial charge in [0.2, 0.25) is 0 Å². The molecule has 100 valence electrons. The zero-order valence-electron chi connectivity index (χ0n) is 10.8. The molecule has 0 N–H and O–H groups in total. The van der Waals surface area contributed by atoms with Crippen LogP contribution in [0.15, 0.2) is 0 Å². The number of ether oxygens (including phenoxy) is 1. The fourth-order valence-corrected chi connectivity index (χ4v) is 3.50. The minimum atomic E-state index is -0.415. The largest absolute Gasteiger partial charge is 0.465 e. The highest BCUT2D eigenvalue weighted by molar-refractivity contribution is 7.18. The molecule has 1 aliphatic heterocycles. The molecule has 2 atom stereocenters. The fraction of sp³-hybridized carbons (Fsp3) is 0.667. The summed E-state index contributed by atoms with van der Waals surface area (Å²) in [6.07, 6.45) is 2.38. The second kappa shape index (κ2) is 5.45. The van der Waals surface area contributed by atoms with E-state index >= 15 is 0 Å². The molecule has 0 aromatic carbocycles. The van der Waals surface area contributed by atoms with Crippen LogP contribution in [0.2, 0.25) is 5.15 Å². The normalized spacial score (nSPS) is 24.1. The fourth-order valence-electron chi connectivity index (χ4n) is 2.19. The van der Waals surface area contributed by atoms with Gasteiger partial charge in [-0.3, -0.25) is 0 Å². The van der Waals surface area contributed by atoms with Crippen LogP contribution in [0, 0.1) is 5.92 Å². The Morgan fingerprint density at radius 3 is 2.89 bits per heavy atom. The summed E-state index contributed by atoms with van der Waals surface area (Å²) in [5.41, 5.74) is 0. The summed E-state index contributed by atoms with van der Waals surface area (Å²) in [4.78, 5) is 18.4. The zero-order valence-corrected chi connectivity index (χ0v) is 12.3. The maximum absolute atomic E-state index is 11.5. The maximum Gasteiger partial charge on any atom is 0.351 e. The van der Waals surface area contributed by atoms with Gasteiger partial charge in [0.25, 0.3) is 0 Å². The van der Waals surface area contributed by atoms with E-state index in [-0.39, 0.29) is 5.15 Å². The quantitative estimate of drug-likeness (QED) is 0.784. The van der Waals surface area contributed by atoms with E-state index in [1.165, 1.54) is 24.9 Å². The molecule has 2 unspecified atom stereocenters. The van der Waals surface area contributed by atoms with Crippen LogP contribution in [0.3, 0.4) is 0 Å². The van der Waals surface area contributed by atoms with Crippen LogP contribution in [0.5, 0.6) is 0 Å². The Hall–Kier alpha value is -0.810. The first-order valence-corrected chi connectivity index (χ1v) is 7.23. The van der Waals surface area contributed by atoms with Gasteiger partial charge in [0.05, 0.1) is 7.11 Å². The number of rotatable bonds is 2. The highest BCUT2D eigenvalue weighted by Crippen LogP contribution is 2.34. The smallest absolute Gasteiger partial charge is 0.351 e. The summed E-state index contributed by atoms with van der Waals surface area (Å²) in [5.74, 6) is 0.229. The molecule has 1 saturated heterocycles. The molecule has 2 heterocycles. The van der Waals surface area contributed by atoms with Gasteiger partial charge < -0.3 is 9.64 Å². The van der Waals surface area contributed by atoms with Crippen LogP contribution in [-0.4, -0.2) is 30.6 Å². The van der Waals surface area contributed by atoms with Gasteiger partial charge >= 0.3 is 5.97 Å². The minimum absolute atomic E-state index is 0.243. The van der Waals surface area contributed by atoms with Crippen molar-refractivity contribution in [2.24, 2.45) is 5.92 Å². The Kier molecular flexibility index (Phi) is 4.12. The van der Waals surface area contributed by atoms with Crippen molar-refractivity contribution in [2.45, 2.75) is 32.7 Å². The number of aromatic nitrogens is 1. The van der Waals surface area contributed by atoms with E-state index in [4.69, 9.17) is 16.3 Å². The Balaban J connectivity index is 2.25. The molecule has 4 nitrogen and oxygen atoms in total. The molecule has 1 fully saturated rings. The Labute approximate surface area is 116 Å². The monoisotopic (exact) mass is 288 g/mol. The zero-order chi connectivity index (χ0) is 13.3. The molecule has 1 aromatic heterocycles. The topological polar surface area (TPSA) is 42.4 Å². The predicted octanol–water partition coefficient (Wildman–Crippen LogP) is 3.21. The first-order valence-electron chi connectivity index (χ1n) is 6.04. The third-order valence-corrected chi connectivity index (χ3v) is 4.77. The number of carbonyl (C=O) groups is 1. The average molecular weight is 289 g/mol. The third kappa shape index (κ3) is 2.62. The van der Waals surface area contributed by atoms with Crippen LogP contribution in [0.4, 0.5) is 5.13 Å². The molecule has 0 saturated carbocycles. The standard InChI is InChI=1S/C12H17ClN2O2S/c1-7-4-5-8(2)15(6-7)12-14-10(13)9(18-12)11(16)17-3/h7-8H,4-6H2,1-3H3. The van der Waals surface area contributed by atoms with Crippen LogP contribution in [0.1, 0.15) is 36.4 Å². The van der Waals surface area contributed by atoms with Crippen LogP contribution in [0.25, 0.3) is 0 Å². The van der Waals surface area contributed by atoms with E-state index in [0.29, 0.717) is 16.8 Å². The van der Waals surface area contributed by atoms with E-state index < -0.39 is 5.97 Å². The van der Waals surface area contributed by atoms with E-state index in [9.17, 15) is 4.79 Å². The lowest BCUT2D eigenvalue weighted by Gasteiger charge is -2.36. The SMILES string of the molecule is COC(=O)c1sc(N2CC(C)CCC2C)nc1Cl. The van der Waals surface area contributed by atoms with Crippen molar-refractivity contribution in [3.05, 3.63) is 10.0 Å². The Bertz CT molecular complexity index is 449. The Morgan fingerprint density at radius 2 is 2.22 bits per heavy atom. The minimum Gasteiger partial charge on any atom is -0.465 e. The predicted molar refractivity (Wildman–Crippen MR) is 73.7 cm³/mol. The molecule has 6 heteroatoms. The summed E-state index contributed by atoms with van der Waals surface area (Å²) < 4.78 is 4.69. The number of esters is 1. The number of hydrogen-bond donors (Lipinski definition) is 0. The molecule has 0 bridgehead atoms. The summed E-state index contributed by atoms with van der Waals surface area (Å²) >= 11 is 7.31. The first-order chi connectivity index (χ1) is 8.52. The van der Waals surface area contributed by atoms with Gasteiger partial charge in [0, 0.05) is 12.6 Å². The molecule has 0 amide bonds. The second-order valence-corrected chi connectivity index (χ2v) is 6.13. The van der Waals surface area contributed by atoms with Crippen molar-refractivity contribution in [3.8, 4) is 0 Å². The molecular formula is C12H17ClN2O2S. The van der Waals surface area contributed by atoms with Gasteiger partial charge in [-0.15, -0.1) is 0 Å². The summed E-state index contributed by atoms with van der Waals surface area (Å²) in [6.45, 7) is 5.37. The van der Waals surface area contributed by atoms with Crippen LogP contribution in [-0.2, 0) is 4.74 Å². The van der Waals surface area contributed by atoms with Gasteiger partial charge in [-0.1, -0.05) is 29.9 Å². The number of piperidine rings is 1. The van der Waals surface area contributed by atoms with Gasteiger partial charge in [-0.05, 0) is 25.7 Å². The maximum atomic E-state index is 11.5. The summed E-state index contributed by atoms with van der Waals surface area (Å²) in [5, 5.41) is 1.06. The molecule has 0 spiro atoms. The van der Waals surface area contributed by atoms with Crippen molar-refractivity contribution in [1.29, 1.82) is 0 Å². The van der Waals surface area contributed by atoms with E-state index in [2.05, 4.69) is 23.7 Å². The molecule has 2 rings (SSSR count). The first kappa shape index (κ1) is 13.6. The Morgan fingerprint density at radius 1 is 1.50 bits per heavy atom. The number of methoxy groups -OCH3 is 1. The van der Waals surface area contributed by atoms with E-state index in [0.717, 1.165) is 18.1 Å². The third-order valence-electron chi connectivity index (χ3n) is 3.31. The lowest BCUT2D eigenvalue weighted by Crippen LogP contribution is -2.41. The van der Waals surface area contributed by atoms with Crippen molar-refractivity contribution >= 4 is 34.0 Å². The van der Waals surface area contributed by atoms with Gasteiger partial charge in [-0.25, -0.2) is 9.78 Å². The van der Waals surface area contributed by atoms with Crippen molar-refractivity contribution in [1.82, 2.24) is 4.98 Å². The molecule has 1 aliphatic rings. The van der Waals surface area contributed by atoms with Gasteiger partial charge in [0.1, 0.15) is 0 Å². The number of thiazole rings is 1. The highest BCUT2D eigenvalue weighted by atomic mass is 35.5. The lowest BCUT2D eigenvalue weighted by atomic mass is 9.96. The molecule has 1 aromatic rings. The summed E-state index contributed by atoms with van der Waals surface area (Å²) in [7, 11) is 1.35. The highest BCUT2D eigenvalue weighted by Gasteiger charge is 2.27. The average Bonchev–Trinajstić information content (AvgIpc) is 2.73. The molecule has 0 radical (unpaired) electrons. The lowest BCUT2D eigenvalue weighted by molar-refractivity contribution is 0.0606. The molecule has 18 heavy (non-hydrogen) atoms. The van der Waals surface area contributed by atoms with E-state index in [1.807, 2.05) is 0 Å². The number of nitrogens with zero attached hydrogens (tertiary/aromatic N) is 2. The van der Waals surface area contributed by atoms with Crippen LogP contribution >= 0.6 is 22.9 Å².